The van der Waals surface area contributed by atoms with Crippen LogP contribution in [0.4, 0.5) is 14.5 Å². The summed E-state index contributed by atoms with van der Waals surface area (Å²) < 4.78 is 31.7. The maximum absolute atomic E-state index is 13.5. The number of hydrogen-bond donors (Lipinski definition) is 2. The molecule has 0 fully saturated rings. The van der Waals surface area contributed by atoms with Gasteiger partial charge in [0, 0.05) is 18.7 Å². The SMILES string of the molecule is CNC(=O)c1ccc(Oc2cc(F)ccc2F)c(N)c1. The van der Waals surface area contributed by atoms with Crippen LogP contribution < -0.4 is 15.8 Å². The molecule has 6 heteroatoms. The number of nitrogen functional groups attached to an aromatic ring is 1. The minimum absolute atomic E-state index is 0.141. The Kier molecular flexibility index (Phi) is 3.84. The number of hydrogen-bond acceptors (Lipinski definition) is 3. The summed E-state index contributed by atoms with van der Waals surface area (Å²) in [7, 11) is 1.49. The van der Waals surface area contributed by atoms with Crippen LogP contribution in [0.1, 0.15) is 10.4 Å². The third kappa shape index (κ3) is 2.85. The largest absolute Gasteiger partial charge is 0.452 e. The first-order valence-corrected chi connectivity index (χ1v) is 5.76. The molecule has 2 aromatic rings. The molecule has 104 valence electrons. The molecule has 0 saturated carbocycles. The van der Waals surface area contributed by atoms with Gasteiger partial charge in [0.25, 0.3) is 5.91 Å². The van der Waals surface area contributed by atoms with Crippen LogP contribution in [0.3, 0.4) is 0 Å². The van der Waals surface area contributed by atoms with E-state index in [-0.39, 0.29) is 23.1 Å². The van der Waals surface area contributed by atoms with E-state index in [1.807, 2.05) is 0 Å². The number of ether oxygens (including phenoxy) is 1. The zero-order valence-corrected chi connectivity index (χ0v) is 10.6. The molecule has 4 nitrogen and oxygen atoms in total. The number of nitrogens with two attached hydrogens (primary N) is 1. The Hall–Kier alpha value is -2.63. The summed E-state index contributed by atoms with van der Waals surface area (Å²) in [6.45, 7) is 0. The van der Waals surface area contributed by atoms with E-state index in [0.717, 1.165) is 18.2 Å². The molecule has 0 unspecified atom stereocenters. The minimum atomic E-state index is -0.707. The molecule has 0 bridgehead atoms. The van der Waals surface area contributed by atoms with Crippen molar-refractivity contribution in [2.75, 3.05) is 12.8 Å². The molecular formula is C14H12F2N2O2. The Balaban J connectivity index is 2.30. The van der Waals surface area contributed by atoms with E-state index in [2.05, 4.69) is 5.32 Å². The molecule has 0 radical (unpaired) electrons. The van der Waals surface area contributed by atoms with E-state index < -0.39 is 11.6 Å². The average molecular weight is 278 g/mol. The summed E-state index contributed by atoms with van der Waals surface area (Å²) in [6, 6.07) is 7.15. The van der Waals surface area contributed by atoms with E-state index in [1.54, 1.807) is 0 Å². The lowest BCUT2D eigenvalue weighted by atomic mass is 10.2. The fraction of sp³-hybridized carbons (Fsp3) is 0.0714. The van der Waals surface area contributed by atoms with Gasteiger partial charge in [-0.1, -0.05) is 0 Å². The van der Waals surface area contributed by atoms with Gasteiger partial charge < -0.3 is 15.8 Å². The number of carbonyl (C=O) groups is 1. The summed E-state index contributed by atoms with van der Waals surface area (Å²) >= 11 is 0. The third-order valence-corrected chi connectivity index (χ3v) is 2.61. The Labute approximate surface area is 114 Å². The second kappa shape index (κ2) is 5.56. The highest BCUT2D eigenvalue weighted by Gasteiger charge is 2.11. The Bertz CT molecular complexity index is 660. The van der Waals surface area contributed by atoms with Crippen LogP contribution in [0, 0.1) is 11.6 Å². The number of carbonyl (C=O) groups excluding carboxylic acids is 1. The molecule has 20 heavy (non-hydrogen) atoms. The Morgan fingerprint density at radius 3 is 2.55 bits per heavy atom. The van der Waals surface area contributed by atoms with Crippen molar-refractivity contribution in [3.63, 3.8) is 0 Å². The Morgan fingerprint density at radius 1 is 1.15 bits per heavy atom. The van der Waals surface area contributed by atoms with Gasteiger partial charge >= 0.3 is 0 Å². The second-order valence-corrected chi connectivity index (χ2v) is 4.01. The van der Waals surface area contributed by atoms with E-state index in [0.29, 0.717) is 5.56 Å². The molecule has 0 aliphatic carbocycles. The van der Waals surface area contributed by atoms with Gasteiger partial charge in [0.1, 0.15) is 5.82 Å². The first-order chi connectivity index (χ1) is 9.51. The average Bonchev–Trinajstić information content (AvgIpc) is 2.44. The molecule has 1 amide bonds. The summed E-state index contributed by atoms with van der Waals surface area (Å²) in [5.74, 6) is -1.77. The van der Waals surface area contributed by atoms with Crippen molar-refractivity contribution in [3.05, 3.63) is 53.6 Å². The van der Waals surface area contributed by atoms with Crippen molar-refractivity contribution >= 4 is 11.6 Å². The van der Waals surface area contributed by atoms with Gasteiger partial charge in [-0.3, -0.25) is 4.79 Å². The summed E-state index contributed by atoms with van der Waals surface area (Å²) in [6.07, 6.45) is 0. The third-order valence-electron chi connectivity index (χ3n) is 2.61. The monoisotopic (exact) mass is 278 g/mol. The topological polar surface area (TPSA) is 64.3 Å². The van der Waals surface area contributed by atoms with E-state index >= 15 is 0 Å². The highest BCUT2D eigenvalue weighted by molar-refractivity contribution is 5.95. The summed E-state index contributed by atoms with van der Waals surface area (Å²) in [5, 5.41) is 2.45. The minimum Gasteiger partial charge on any atom is -0.452 e. The van der Waals surface area contributed by atoms with Gasteiger partial charge in [0.2, 0.25) is 0 Å². The molecule has 0 saturated heterocycles. The normalized spacial score (nSPS) is 10.2. The summed E-state index contributed by atoms with van der Waals surface area (Å²) in [5.41, 5.74) is 6.22. The van der Waals surface area contributed by atoms with Crippen LogP contribution in [0.2, 0.25) is 0 Å². The first kappa shape index (κ1) is 13.8. The van der Waals surface area contributed by atoms with E-state index in [9.17, 15) is 13.6 Å². The van der Waals surface area contributed by atoms with E-state index in [4.69, 9.17) is 10.5 Å². The standard InChI is InChI=1S/C14H12F2N2O2/c1-18-14(19)8-2-5-12(11(17)6-8)20-13-7-9(15)3-4-10(13)16/h2-7H,17H2,1H3,(H,18,19). The van der Waals surface area contributed by atoms with Crippen molar-refractivity contribution < 1.29 is 18.3 Å². The number of amides is 1. The molecular weight excluding hydrogens is 266 g/mol. The predicted octanol–water partition coefficient (Wildman–Crippen LogP) is 2.70. The molecule has 0 spiro atoms. The smallest absolute Gasteiger partial charge is 0.251 e. The van der Waals surface area contributed by atoms with Gasteiger partial charge in [-0.15, -0.1) is 0 Å². The van der Waals surface area contributed by atoms with Crippen LogP contribution >= 0.6 is 0 Å². The van der Waals surface area contributed by atoms with Gasteiger partial charge in [0.15, 0.2) is 17.3 Å². The lowest BCUT2D eigenvalue weighted by Gasteiger charge is -2.10. The maximum atomic E-state index is 13.5. The zero-order chi connectivity index (χ0) is 14.7. The molecule has 2 rings (SSSR count). The predicted molar refractivity (Wildman–Crippen MR) is 70.7 cm³/mol. The van der Waals surface area contributed by atoms with Gasteiger partial charge in [-0.25, -0.2) is 8.78 Å². The quantitative estimate of drug-likeness (QED) is 0.848. The molecule has 2 aromatic carbocycles. The second-order valence-electron chi connectivity index (χ2n) is 4.01. The van der Waals surface area contributed by atoms with Crippen LogP contribution in [0.5, 0.6) is 11.5 Å². The fourth-order valence-electron chi connectivity index (χ4n) is 1.60. The van der Waals surface area contributed by atoms with Crippen LogP contribution in [0.15, 0.2) is 36.4 Å². The van der Waals surface area contributed by atoms with Crippen molar-refractivity contribution in [2.24, 2.45) is 0 Å². The van der Waals surface area contributed by atoms with Crippen molar-refractivity contribution in [2.45, 2.75) is 0 Å². The molecule has 3 N–H and O–H groups in total. The Morgan fingerprint density at radius 2 is 1.90 bits per heavy atom. The molecule has 0 heterocycles. The van der Waals surface area contributed by atoms with Crippen molar-refractivity contribution in [3.8, 4) is 11.5 Å². The number of rotatable bonds is 3. The molecule has 0 aliphatic rings. The molecule has 0 aromatic heterocycles. The number of halogens is 2. The maximum Gasteiger partial charge on any atom is 0.251 e. The lowest BCUT2D eigenvalue weighted by molar-refractivity contribution is 0.0963. The van der Waals surface area contributed by atoms with Gasteiger partial charge in [-0.2, -0.15) is 0 Å². The molecule has 0 aliphatic heterocycles. The first-order valence-electron chi connectivity index (χ1n) is 5.76. The zero-order valence-electron chi connectivity index (χ0n) is 10.6. The van der Waals surface area contributed by atoms with Crippen molar-refractivity contribution in [1.29, 1.82) is 0 Å². The van der Waals surface area contributed by atoms with Crippen LogP contribution in [-0.2, 0) is 0 Å². The molecule has 0 atom stereocenters. The van der Waals surface area contributed by atoms with Gasteiger partial charge in [0.05, 0.1) is 5.69 Å². The highest BCUT2D eigenvalue weighted by Crippen LogP contribution is 2.30. The summed E-state index contributed by atoms with van der Waals surface area (Å²) in [4.78, 5) is 11.4. The van der Waals surface area contributed by atoms with Crippen LogP contribution in [-0.4, -0.2) is 13.0 Å². The van der Waals surface area contributed by atoms with Crippen molar-refractivity contribution in [1.82, 2.24) is 5.32 Å². The number of benzene rings is 2. The highest BCUT2D eigenvalue weighted by atomic mass is 19.1. The van der Waals surface area contributed by atoms with Crippen LogP contribution in [0.25, 0.3) is 0 Å². The lowest BCUT2D eigenvalue weighted by Crippen LogP contribution is -2.17. The van der Waals surface area contributed by atoms with Gasteiger partial charge in [-0.05, 0) is 30.3 Å². The fourth-order valence-corrected chi connectivity index (χ4v) is 1.60. The number of nitrogens with one attached hydrogen (secondary N) is 1. The number of anilines is 1. The van der Waals surface area contributed by atoms with E-state index in [1.165, 1.54) is 25.2 Å².